The maximum absolute atomic E-state index is 12.6. The molecule has 1 aliphatic heterocycles. The first-order valence-electron chi connectivity index (χ1n) is 7.23. The topological polar surface area (TPSA) is 45.2 Å². The van der Waals surface area contributed by atoms with Crippen LogP contribution < -0.4 is 5.32 Å². The highest BCUT2D eigenvalue weighted by Gasteiger charge is 2.24. The summed E-state index contributed by atoms with van der Waals surface area (Å²) < 4.78 is 0. The van der Waals surface area contributed by atoms with E-state index < -0.39 is 0 Å². The predicted molar refractivity (Wildman–Crippen MR) is 77.3 cm³/mol. The molecule has 1 unspecified atom stereocenters. The number of pyridine rings is 1. The highest BCUT2D eigenvalue weighted by Crippen LogP contribution is 2.23. The van der Waals surface area contributed by atoms with Crippen molar-refractivity contribution in [3.63, 3.8) is 0 Å². The van der Waals surface area contributed by atoms with E-state index in [1.807, 2.05) is 17.9 Å². The first kappa shape index (κ1) is 13.8. The van der Waals surface area contributed by atoms with Crippen LogP contribution in [-0.2, 0) is 0 Å². The van der Waals surface area contributed by atoms with Crippen molar-refractivity contribution in [2.24, 2.45) is 5.92 Å². The maximum atomic E-state index is 12.6. The van der Waals surface area contributed by atoms with Crippen molar-refractivity contribution in [1.82, 2.24) is 9.88 Å². The number of nitrogens with one attached hydrogen (secondary N) is 1. The van der Waals surface area contributed by atoms with Crippen LogP contribution in [0.5, 0.6) is 0 Å². The molecule has 1 fully saturated rings. The second kappa shape index (κ2) is 6.55. The molecule has 0 aromatic carbocycles. The highest BCUT2D eigenvalue weighted by atomic mass is 16.2. The predicted octanol–water partition coefficient (Wildman–Crippen LogP) is 2.78. The molecule has 1 atom stereocenters. The summed E-state index contributed by atoms with van der Waals surface area (Å²) in [6.07, 6.45) is 6.94. The fraction of sp³-hybridized carbons (Fsp3) is 0.600. The van der Waals surface area contributed by atoms with Gasteiger partial charge in [-0.3, -0.25) is 9.78 Å². The van der Waals surface area contributed by atoms with Gasteiger partial charge in [0, 0.05) is 25.8 Å². The molecule has 0 saturated carbocycles. The second-order valence-corrected chi connectivity index (χ2v) is 5.12. The summed E-state index contributed by atoms with van der Waals surface area (Å²) >= 11 is 0. The van der Waals surface area contributed by atoms with Gasteiger partial charge in [0.1, 0.15) is 0 Å². The lowest BCUT2D eigenvalue weighted by molar-refractivity contribution is 0.0672. The number of nitrogens with zero attached hydrogens (tertiary/aromatic N) is 2. The molecular weight excluding hydrogens is 238 g/mol. The summed E-state index contributed by atoms with van der Waals surface area (Å²) in [6, 6.07) is 1.82. The highest BCUT2D eigenvalue weighted by molar-refractivity contribution is 5.99. The largest absolute Gasteiger partial charge is 0.383 e. The maximum Gasteiger partial charge on any atom is 0.256 e. The fourth-order valence-corrected chi connectivity index (χ4v) is 2.67. The molecule has 104 valence electrons. The average Bonchev–Trinajstić information content (AvgIpc) is 2.47. The van der Waals surface area contributed by atoms with Gasteiger partial charge in [-0.05, 0) is 31.7 Å². The molecule has 0 bridgehead atoms. The van der Waals surface area contributed by atoms with Gasteiger partial charge < -0.3 is 10.2 Å². The number of hydrogen-bond acceptors (Lipinski definition) is 3. The number of hydrogen-bond donors (Lipinski definition) is 1. The van der Waals surface area contributed by atoms with Gasteiger partial charge in [-0.15, -0.1) is 0 Å². The number of piperidine rings is 1. The lowest BCUT2D eigenvalue weighted by atomic mass is 9.95. The normalized spacial score (nSPS) is 19.3. The Labute approximate surface area is 115 Å². The molecule has 4 heteroatoms. The first-order valence-corrected chi connectivity index (χ1v) is 7.23. The zero-order valence-corrected chi connectivity index (χ0v) is 11.9. The molecule has 0 spiro atoms. The van der Waals surface area contributed by atoms with Crippen molar-refractivity contribution < 1.29 is 4.79 Å². The van der Waals surface area contributed by atoms with E-state index in [0.29, 0.717) is 5.92 Å². The van der Waals surface area contributed by atoms with Gasteiger partial charge in [0.2, 0.25) is 0 Å². The lowest BCUT2D eigenvalue weighted by Gasteiger charge is -2.32. The molecule has 2 heterocycles. The summed E-state index contributed by atoms with van der Waals surface area (Å²) in [7, 11) is 0. The Morgan fingerprint density at radius 2 is 2.37 bits per heavy atom. The van der Waals surface area contributed by atoms with Crippen LogP contribution in [0.2, 0.25) is 0 Å². The quantitative estimate of drug-likeness (QED) is 0.906. The summed E-state index contributed by atoms with van der Waals surface area (Å²) in [5.74, 6) is 0.790. The van der Waals surface area contributed by atoms with E-state index in [1.54, 1.807) is 12.4 Å². The Balaban J connectivity index is 2.14. The third kappa shape index (κ3) is 3.25. The van der Waals surface area contributed by atoms with E-state index in [-0.39, 0.29) is 5.91 Å². The zero-order chi connectivity index (χ0) is 13.7. The second-order valence-electron chi connectivity index (χ2n) is 5.12. The summed E-state index contributed by atoms with van der Waals surface area (Å²) in [4.78, 5) is 18.7. The number of likely N-dealkylation sites (tertiary alicyclic amines) is 1. The smallest absolute Gasteiger partial charge is 0.256 e. The van der Waals surface area contributed by atoms with Crippen LogP contribution in [0.25, 0.3) is 0 Å². The number of rotatable bonds is 4. The van der Waals surface area contributed by atoms with Gasteiger partial charge in [-0.2, -0.15) is 0 Å². The minimum absolute atomic E-state index is 0.136. The van der Waals surface area contributed by atoms with E-state index in [9.17, 15) is 4.79 Å². The van der Waals surface area contributed by atoms with Crippen LogP contribution in [0.1, 0.15) is 43.5 Å². The van der Waals surface area contributed by atoms with Crippen LogP contribution in [0, 0.1) is 5.92 Å². The SMILES string of the molecule is CCNc1cnccc1C(=O)N1CCCC(CC)C1. The van der Waals surface area contributed by atoms with Crippen molar-refractivity contribution >= 4 is 11.6 Å². The minimum atomic E-state index is 0.136. The van der Waals surface area contributed by atoms with Crippen molar-refractivity contribution in [3.05, 3.63) is 24.0 Å². The Hall–Kier alpha value is -1.58. The molecule has 1 amide bonds. The molecule has 1 aromatic rings. The van der Waals surface area contributed by atoms with E-state index in [0.717, 1.165) is 43.7 Å². The number of carbonyl (C=O) groups is 1. The third-order valence-corrected chi connectivity index (χ3v) is 3.80. The number of carbonyl (C=O) groups excluding carboxylic acids is 1. The molecule has 1 N–H and O–H groups in total. The first-order chi connectivity index (χ1) is 9.26. The fourth-order valence-electron chi connectivity index (χ4n) is 2.67. The molecule has 0 aliphatic carbocycles. The Kier molecular flexibility index (Phi) is 4.77. The van der Waals surface area contributed by atoms with Crippen molar-refractivity contribution in [3.8, 4) is 0 Å². The molecule has 1 saturated heterocycles. The number of anilines is 1. The van der Waals surface area contributed by atoms with Gasteiger partial charge in [-0.25, -0.2) is 0 Å². The van der Waals surface area contributed by atoms with E-state index in [1.165, 1.54) is 6.42 Å². The van der Waals surface area contributed by atoms with Gasteiger partial charge >= 0.3 is 0 Å². The zero-order valence-electron chi connectivity index (χ0n) is 11.9. The van der Waals surface area contributed by atoms with Gasteiger partial charge in [0.05, 0.1) is 17.4 Å². The van der Waals surface area contributed by atoms with Crippen LogP contribution in [0.4, 0.5) is 5.69 Å². The monoisotopic (exact) mass is 261 g/mol. The molecule has 1 aromatic heterocycles. The standard InChI is InChI=1S/C15H23N3O/c1-3-12-6-5-9-18(11-12)15(19)13-7-8-16-10-14(13)17-4-2/h7-8,10,12,17H,3-6,9,11H2,1-2H3. The third-order valence-electron chi connectivity index (χ3n) is 3.80. The van der Waals surface area contributed by atoms with E-state index >= 15 is 0 Å². The molecule has 19 heavy (non-hydrogen) atoms. The van der Waals surface area contributed by atoms with E-state index in [4.69, 9.17) is 0 Å². The number of aromatic nitrogens is 1. The van der Waals surface area contributed by atoms with Crippen molar-refractivity contribution in [2.45, 2.75) is 33.1 Å². The summed E-state index contributed by atoms with van der Waals surface area (Å²) in [6.45, 7) is 6.79. The Bertz CT molecular complexity index is 433. The number of amides is 1. The molecule has 1 aliphatic rings. The molecule has 4 nitrogen and oxygen atoms in total. The molecule has 0 radical (unpaired) electrons. The van der Waals surface area contributed by atoms with Crippen molar-refractivity contribution in [2.75, 3.05) is 25.0 Å². The van der Waals surface area contributed by atoms with Crippen molar-refractivity contribution in [1.29, 1.82) is 0 Å². The molecule has 2 rings (SSSR count). The van der Waals surface area contributed by atoms with Crippen LogP contribution in [0.3, 0.4) is 0 Å². The van der Waals surface area contributed by atoms with Gasteiger partial charge in [0.15, 0.2) is 0 Å². The van der Waals surface area contributed by atoms with Gasteiger partial charge in [-0.1, -0.05) is 13.3 Å². The minimum Gasteiger partial charge on any atom is -0.383 e. The Morgan fingerprint density at radius 1 is 1.53 bits per heavy atom. The van der Waals surface area contributed by atoms with E-state index in [2.05, 4.69) is 17.2 Å². The van der Waals surface area contributed by atoms with Crippen LogP contribution >= 0.6 is 0 Å². The molecular formula is C15H23N3O. The summed E-state index contributed by atoms with van der Waals surface area (Å²) in [5.41, 5.74) is 1.59. The summed E-state index contributed by atoms with van der Waals surface area (Å²) in [5, 5.41) is 3.21. The van der Waals surface area contributed by atoms with Gasteiger partial charge in [0.25, 0.3) is 5.91 Å². The van der Waals surface area contributed by atoms with Crippen LogP contribution in [0.15, 0.2) is 18.5 Å². The average molecular weight is 261 g/mol. The van der Waals surface area contributed by atoms with Crippen LogP contribution in [-0.4, -0.2) is 35.4 Å². The lowest BCUT2D eigenvalue weighted by Crippen LogP contribution is -2.40. The Morgan fingerprint density at radius 3 is 3.11 bits per heavy atom.